The molecule has 1 aromatic rings. The van der Waals surface area contributed by atoms with Gasteiger partial charge in [-0.05, 0) is 12.8 Å². The van der Waals surface area contributed by atoms with Crippen LogP contribution in [0.4, 0.5) is 5.82 Å². The highest BCUT2D eigenvalue weighted by Crippen LogP contribution is 2.17. The average Bonchev–Trinajstić information content (AvgIpc) is 2.58. The molecule has 2 heterocycles. The zero-order valence-corrected chi connectivity index (χ0v) is 6.81. The van der Waals surface area contributed by atoms with E-state index in [0.29, 0.717) is 0 Å². The summed E-state index contributed by atoms with van der Waals surface area (Å²) in [4.78, 5) is 2.12. The smallest absolute Gasteiger partial charge is 0.171 e. The van der Waals surface area contributed by atoms with Crippen molar-refractivity contribution in [1.29, 1.82) is 0 Å². The van der Waals surface area contributed by atoms with Crippen LogP contribution in [0, 0.1) is 0 Å². The fraction of sp³-hybridized carbons (Fsp3) is 0.625. The van der Waals surface area contributed by atoms with E-state index in [1.165, 1.54) is 0 Å². The Bertz CT molecular complexity index is 227. The van der Waals surface area contributed by atoms with E-state index in [1.807, 2.05) is 6.07 Å². The van der Waals surface area contributed by atoms with Crippen LogP contribution in [-0.4, -0.2) is 29.5 Å². The quantitative estimate of drug-likeness (QED) is 0.668. The molecule has 0 amide bonds. The Morgan fingerprint density at radius 2 is 2.25 bits per heavy atom. The second-order valence-electron chi connectivity index (χ2n) is 3.08. The van der Waals surface area contributed by atoms with E-state index in [0.717, 1.165) is 31.7 Å². The maximum absolute atomic E-state index is 9.25. The first kappa shape index (κ1) is 7.61. The molecule has 0 atom stereocenters. The standard InChI is InChI=1S/C8H12N2O2/c11-7-1-4-10(5-2-7)8-3-6-12-9-8/h3,6-7,11H,1-2,4-5H2. The first-order valence-corrected chi connectivity index (χ1v) is 4.19. The lowest BCUT2D eigenvalue weighted by molar-refractivity contribution is 0.145. The molecule has 1 saturated heterocycles. The van der Waals surface area contributed by atoms with E-state index in [-0.39, 0.29) is 6.10 Å². The number of hydrogen-bond donors (Lipinski definition) is 1. The van der Waals surface area contributed by atoms with Crippen molar-refractivity contribution in [2.24, 2.45) is 0 Å². The van der Waals surface area contributed by atoms with Crippen molar-refractivity contribution in [3.63, 3.8) is 0 Å². The molecule has 1 N–H and O–H groups in total. The zero-order valence-electron chi connectivity index (χ0n) is 6.81. The summed E-state index contributed by atoms with van der Waals surface area (Å²) in [7, 11) is 0. The lowest BCUT2D eigenvalue weighted by atomic mass is 10.1. The Kier molecular flexibility index (Phi) is 1.99. The Labute approximate surface area is 70.8 Å². The number of rotatable bonds is 1. The van der Waals surface area contributed by atoms with Gasteiger partial charge in [-0.15, -0.1) is 0 Å². The lowest BCUT2D eigenvalue weighted by Gasteiger charge is -2.28. The summed E-state index contributed by atoms with van der Waals surface area (Å²) in [5, 5.41) is 13.1. The van der Waals surface area contributed by atoms with Gasteiger partial charge in [0.25, 0.3) is 0 Å². The summed E-state index contributed by atoms with van der Waals surface area (Å²) in [6.07, 6.45) is 3.09. The molecule has 0 aromatic carbocycles. The highest BCUT2D eigenvalue weighted by Gasteiger charge is 2.18. The van der Waals surface area contributed by atoms with E-state index in [9.17, 15) is 5.11 Å². The molecule has 66 valence electrons. The Morgan fingerprint density at radius 3 is 2.83 bits per heavy atom. The van der Waals surface area contributed by atoms with Gasteiger partial charge in [-0.1, -0.05) is 5.16 Å². The van der Waals surface area contributed by atoms with E-state index in [2.05, 4.69) is 10.1 Å². The third kappa shape index (κ3) is 1.43. The number of nitrogens with zero attached hydrogens (tertiary/aromatic N) is 2. The topological polar surface area (TPSA) is 49.5 Å². The van der Waals surface area contributed by atoms with Crippen molar-refractivity contribution in [3.05, 3.63) is 12.3 Å². The zero-order chi connectivity index (χ0) is 8.39. The summed E-state index contributed by atoms with van der Waals surface area (Å²) in [5.41, 5.74) is 0. The van der Waals surface area contributed by atoms with Crippen LogP contribution in [0.1, 0.15) is 12.8 Å². The largest absolute Gasteiger partial charge is 0.393 e. The molecule has 1 fully saturated rings. The van der Waals surface area contributed by atoms with Crippen LogP contribution in [-0.2, 0) is 0 Å². The van der Waals surface area contributed by atoms with E-state index >= 15 is 0 Å². The first-order valence-electron chi connectivity index (χ1n) is 4.19. The summed E-state index contributed by atoms with van der Waals surface area (Å²) in [6, 6.07) is 1.84. The molecule has 1 aliphatic heterocycles. The van der Waals surface area contributed by atoms with Gasteiger partial charge in [0.15, 0.2) is 5.82 Å². The predicted molar refractivity (Wildman–Crippen MR) is 44.0 cm³/mol. The normalized spacial score (nSPS) is 19.9. The van der Waals surface area contributed by atoms with Gasteiger partial charge in [0, 0.05) is 19.2 Å². The maximum Gasteiger partial charge on any atom is 0.171 e. The van der Waals surface area contributed by atoms with Crippen molar-refractivity contribution in [2.45, 2.75) is 18.9 Å². The van der Waals surface area contributed by atoms with Crippen molar-refractivity contribution < 1.29 is 9.63 Å². The second kappa shape index (κ2) is 3.15. The summed E-state index contributed by atoms with van der Waals surface area (Å²) < 4.78 is 4.74. The Balaban J connectivity index is 1.99. The minimum atomic E-state index is -0.131. The van der Waals surface area contributed by atoms with Gasteiger partial charge in [0.1, 0.15) is 6.26 Å². The number of hydrogen-bond acceptors (Lipinski definition) is 4. The van der Waals surface area contributed by atoms with E-state index in [1.54, 1.807) is 6.26 Å². The van der Waals surface area contributed by atoms with Crippen LogP contribution >= 0.6 is 0 Å². The fourth-order valence-electron chi connectivity index (χ4n) is 1.46. The van der Waals surface area contributed by atoms with Crippen LogP contribution in [0.15, 0.2) is 16.9 Å². The van der Waals surface area contributed by atoms with Gasteiger partial charge < -0.3 is 14.5 Å². The number of anilines is 1. The van der Waals surface area contributed by atoms with Crippen molar-refractivity contribution in [1.82, 2.24) is 5.16 Å². The van der Waals surface area contributed by atoms with Crippen molar-refractivity contribution in [3.8, 4) is 0 Å². The maximum atomic E-state index is 9.25. The van der Waals surface area contributed by atoms with Gasteiger partial charge in [-0.3, -0.25) is 0 Å². The highest BCUT2D eigenvalue weighted by molar-refractivity contribution is 5.35. The molecule has 4 nitrogen and oxygen atoms in total. The van der Waals surface area contributed by atoms with Crippen LogP contribution < -0.4 is 4.90 Å². The van der Waals surface area contributed by atoms with E-state index < -0.39 is 0 Å². The van der Waals surface area contributed by atoms with E-state index in [4.69, 9.17) is 4.52 Å². The van der Waals surface area contributed by atoms with Crippen molar-refractivity contribution >= 4 is 5.82 Å². The number of aliphatic hydroxyl groups excluding tert-OH is 1. The fourth-order valence-corrected chi connectivity index (χ4v) is 1.46. The molecule has 0 radical (unpaired) electrons. The number of aliphatic hydroxyl groups is 1. The first-order chi connectivity index (χ1) is 5.86. The number of aromatic nitrogens is 1. The molecular formula is C8H12N2O2. The lowest BCUT2D eigenvalue weighted by Crippen LogP contribution is -2.35. The van der Waals surface area contributed by atoms with Crippen molar-refractivity contribution in [2.75, 3.05) is 18.0 Å². The minimum absolute atomic E-state index is 0.131. The molecule has 4 heteroatoms. The summed E-state index contributed by atoms with van der Waals surface area (Å²) in [5.74, 6) is 0.877. The van der Waals surface area contributed by atoms with Gasteiger partial charge in [-0.2, -0.15) is 0 Å². The van der Waals surface area contributed by atoms with Crippen LogP contribution in [0.2, 0.25) is 0 Å². The third-order valence-electron chi connectivity index (χ3n) is 2.21. The van der Waals surface area contributed by atoms with Gasteiger partial charge in [-0.25, -0.2) is 0 Å². The molecule has 12 heavy (non-hydrogen) atoms. The average molecular weight is 168 g/mol. The molecule has 2 rings (SSSR count). The Hall–Kier alpha value is -1.03. The van der Waals surface area contributed by atoms with Crippen LogP contribution in [0.3, 0.4) is 0 Å². The summed E-state index contributed by atoms with van der Waals surface area (Å²) >= 11 is 0. The molecule has 1 aliphatic rings. The molecule has 0 unspecified atom stereocenters. The molecule has 0 spiro atoms. The van der Waals surface area contributed by atoms with Crippen LogP contribution in [0.25, 0.3) is 0 Å². The summed E-state index contributed by atoms with van der Waals surface area (Å²) in [6.45, 7) is 1.74. The Morgan fingerprint density at radius 1 is 1.50 bits per heavy atom. The van der Waals surface area contributed by atoms with Gasteiger partial charge in [0.2, 0.25) is 0 Å². The number of piperidine rings is 1. The van der Waals surface area contributed by atoms with Gasteiger partial charge >= 0.3 is 0 Å². The second-order valence-corrected chi connectivity index (χ2v) is 3.08. The minimum Gasteiger partial charge on any atom is -0.393 e. The highest BCUT2D eigenvalue weighted by atomic mass is 16.5. The molecular weight excluding hydrogens is 156 g/mol. The molecule has 0 bridgehead atoms. The van der Waals surface area contributed by atoms with Crippen LogP contribution in [0.5, 0.6) is 0 Å². The van der Waals surface area contributed by atoms with Gasteiger partial charge in [0.05, 0.1) is 6.10 Å². The SMILES string of the molecule is OC1CCN(c2ccon2)CC1. The third-order valence-corrected chi connectivity index (χ3v) is 2.21. The monoisotopic (exact) mass is 168 g/mol. The predicted octanol–water partition coefficient (Wildman–Crippen LogP) is 0.636. The molecule has 0 aliphatic carbocycles. The molecule has 1 aromatic heterocycles. The molecule has 0 saturated carbocycles.